The number of carbonyl (C=O) groups is 3. The Balaban J connectivity index is 2.33. The molecule has 0 radical (unpaired) electrons. The van der Waals surface area contributed by atoms with Crippen LogP contribution in [0.4, 0.5) is 4.79 Å². The topological polar surface area (TPSA) is 87.3 Å². The van der Waals surface area contributed by atoms with Crippen LogP contribution in [0.25, 0.3) is 0 Å². The lowest BCUT2D eigenvalue weighted by atomic mass is 10.1. The fourth-order valence-corrected chi connectivity index (χ4v) is 1.46. The molecule has 0 aromatic carbocycles. The van der Waals surface area contributed by atoms with Crippen molar-refractivity contribution in [1.82, 2.24) is 16.0 Å². The minimum atomic E-state index is -0.954. The Hall–Kier alpha value is -1.43. The first-order valence-corrected chi connectivity index (χ1v) is 5.39. The number of amides is 4. The minimum absolute atomic E-state index is 0.581. The number of nitrogens with one attached hydrogen (secondary N) is 3. The zero-order valence-corrected chi connectivity index (χ0v) is 9.50. The van der Waals surface area contributed by atoms with Gasteiger partial charge in [-0.1, -0.05) is 13.8 Å². The van der Waals surface area contributed by atoms with Gasteiger partial charge in [-0.3, -0.25) is 25.5 Å². The molecule has 0 aromatic heterocycles. The largest absolute Gasteiger partial charge is 0.328 e. The van der Waals surface area contributed by atoms with Gasteiger partial charge in [-0.2, -0.15) is 0 Å². The fourth-order valence-electron chi connectivity index (χ4n) is 1.46. The van der Waals surface area contributed by atoms with Crippen LogP contribution in [0.5, 0.6) is 0 Å². The Morgan fingerprint density at radius 2 is 1.75 bits per heavy atom. The second-order valence-electron chi connectivity index (χ2n) is 4.23. The summed E-state index contributed by atoms with van der Waals surface area (Å²) in [7, 11) is 0. The van der Waals surface area contributed by atoms with Crippen LogP contribution >= 0.6 is 0 Å². The number of hydrogen-bond acceptors (Lipinski definition) is 4. The van der Waals surface area contributed by atoms with Gasteiger partial charge in [0.05, 0.1) is 0 Å². The van der Waals surface area contributed by atoms with E-state index in [-0.39, 0.29) is 0 Å². The third-order valence-electron chi connectivity index (χ3n) is 2.30. The predicted molar refractivity (Wildman–Crippen MR) is 57.5 cm³/mol. The molecular weight excluding hydrogens is 210 g/mol. The smallest absolute Gasteiger partial charge is 0.298 e. The van der Waals surface area contributed by atoms with Gasteiger partial charge in [-0.25, -0.2) is 4.79 Å². The van der Waals surface area contributed by atoms with E-state index in [9.17, 15) is 14.4 Å². The van der Waals surface area contributed by atoms with Gasteiger partial charge in [0.15, 0.2) is 6.04 Å². The number of hydrogen-bond donors (Lipinski definition) is 3. The third kappa shape index (κ3) is 3.62. The van der Waals surface area contributed by atoms with Crippen LogP contribution in [0.2, 0.25) is 0 Å². The van der Waals surface area contributed by atoms with Crippen LogP contribution in [0.1, 0.15) is 26.7 Å². The molecule has 6 nitrogen and oxygen atoms in total. The number of barbiturate groups is 1. The molecule has 0 saturated carbocycles. The summed E-state index contributed by atoms with van der Waals surface area (Å²) in [6.45, 7) is 4.80. The maximum atomic E-state index is 11.3. The minimum Gasteiger partial charge on any atom is -0.298 e. The molecule has 0 atom stereocenters. The Morgan fingerprint density at radius 1 is 1.19 bits per heavy atom. The number of imide groups is 2. The summed E-state index contributed by atoms with van der Waals surface area (Å²) < 4.78 is 0. The molecule has 6 heteroatoms. The molecule has 16 heavy (non-hydrogen) atoms. The molecule has 1 aliphatic rings. The van der Waals surface area contributed by atoms with E-state index in [4.69, 9.17) is 0 Å². The van der Waals surface area contributed by atoms with Crippen molar-refractivity contribution in [2.24, 2.45) is 5.92 Å². The summed E-state index contributed by atoms with van der Waals surface area (Å²) in [5.74, 6) is -0.575. The van der Waals surface area contributed by atoms with Crippen LogP contribution in [0, 0.1) is 5.92 Å². The molecule has 1 saturated heterocycles. The van der Waals surface area contributed by atoms with Crippen LogP contribution in [-0.4, -0.2) is 30.4 Å². The van der Waals surface area contributed by atoms with Gasteiger partial charge in [-0.15, -0.1) is 0 Å². The summed E-state index contributed by atoms with van der Waals surface area (Å²) >= 11 is 0. The highest BCUT2D eigenvalue weighted by atomic mass is 16.2. The fraction of sp³-hybridized carbons (Fsp3) is 0.700. The summed E-state index contributed by atoms with van der Waals surface area (Å²) in [6.07, 6.45) is 1.92. The lowest BCUT2D eigenvalue weighted by Gasteiger charge is -2.21. The van der Waals surface area contributed by atoms with Crippen molar-refractivity contribution in [3.8, 4) is 0 Å². The first-order chi connectivity index (χ1) is 7.50. The number of urea groups is 1. The van der Waals surface area contributed by atoms with E-state index in [2.05, 4.69) is 19.2 Å². The van der Waals surface area contributed by atoms with Gasteiger partial charge in [0.25, 0.3) is 11.8 Å². The molecule has 0 aromatic rings. The molecule has 1 heterocycles. The van der Waals surface area contributed by atoms with Gasteiger partial charge in [0.2, 0.25) is 0 Å². The summed E-state index contributed by atoms with van der Waals surface area (Å²) in [5, 5.41) is 6.90. The molecule has 4 amide bonds. The van der Waals surface area contributed by atoms with Crippen LogP contribution < -0.4 is 16.0 Å². The Labute approximate surface area is 94.2 Å². The second-order valence-corrected chi connectivity index (χ2v) is 4.23. The van der Waals surface area contributed by atoms with Crippen molar-refractivity contribution in [1.29, 1.82) is 0 Å². The SMILES string of the molecule is CC(C)CCCNC1C(=O)NC(=O)NC1=O. The normalized spacial score (nSPS) is 17.6. The first kappa shape index (κ1) is 12.6. The highest BCUT2D eigenvalue weighted by molar-refractivity contribution is 6.18. The molecule has 1 aliphatic heterocycles. The van der Waals surface area contributed by atoms with E-state index in [0.717, 1.165) is 12.8 Å². The zero-order valence-electron chi connectivity index (χ0n) is 9.50. The van der Waals surface area contributed by atoms with Gasteiger partial charge < -0.3 is 0 Å². The van der Waals surface area contributed by atoms with Gasteiger partial charge in [0, 0.05) is 0 Å². The summed E-state index contributed by atoms with van der Waals surface area (Å²) in [4.78, 5) is 33.3. The first-order valence-electron chi connectivity index (χ1n) is 5.39. The van der Waals surface area contributed by atoms with Crippen LogP contribution in [-0.2, 0) is 9.59 Å². The van der Waals surface area contributed by atoms with Crippen molar-refractivity contribution < 1.29 is 14.4 Å². The van der Waals surface area contributed by atoms with Gasteiger partial charge in [-0.05, 0) is 25.3 Å². The standard InChI is InChI=1S/C10H17N3O3/c1-6(2)4-3-5-11-7-8(14)12-10(16)13-9(7)15/h6-7,11H,3-5H2,1-2H3,(H2,12,13,14,15,16). The van der Waals surface area contributed by atoms with E-state index < -0.39 is 23.9 Å². The molecule has 0 bridgehead atoms. The molecular formula is C10H17N3O3. The van der Waals surface area contributed by atoms with E-state index in [1.807, 2.05) is 10.6 Å². The Bertz CT molecular complexity index is 282. The lowest BCUT2D eigenvalue weighted by Crippen LogP contribution is -2.63. The maximum Gasteiger partial charge on any atom is 0.328 e. The molecule has 1 fully saturated rings. The average molecular weight is 227 g/mol. The Morgan fingerprint density at radius 3 is 2.25 bits per heavy atom. The molecule has 0 aliphatic carbocycles. The van der Waals surface area contributed by atoms with E-state index in [0.29, 0.717) is 12.5 Å². The van der Waals surface area contributed by atoms with Crippen molar-refractivity contribution in [2.75, 3.05) is 6.54 Å². The highest BCUT2D eigenvalue weighted by Crippen LogP contribution is 2.02. The molecule has 1 rings (SSSR count). The average Bonchev–Trinajstić information content (AvgIpc) is 2.14. The second kappa shape index (κ2) is 5.60. The molecule has 0 unspecified atom stereocenters. The van der Waals surface area contributed by atoms with Crippen molar-refractivity contribution >= 4 is 17.8 Å². The Kier molecular flexibility index (Phi) is 4.42. The number of rotatable bonds is 5. The van der Waals surface area contributed by atoms with Crippen LogP contribution in [0.3, 0.4) is 0 Å². The van der Waals surface area contributed by atoms with Crippen molar-refractivity contribution in [2.45, 2.75) is 32.7 Å². The highest BCUT2D eigenvalue weighted by Gasteiger charge is 2.33. The maximum absolute atomic E-state index is 11.3. The van der Waals surface area contributed by atoms with Crippen molar-refractivity contribution in [3.63, 3.8) is 0 Å². The van der Waals surface area contributed by atoms with Crippen LogP contribution in [0.15, 0.2) is 0 Å². The van der Waals surface area contributed by atoms with Gasteiger partial charge >= 0.3 is 6.03 Å². The van der Waals surface area contributed by atoms with Gasteiger partial charge in [0.1, 0.15) is 0 Å². The molecule has 0 spiro atoms. The molecule has 90 valence electrons. The monoisotopic (exact) mass is 227 g/mol. The zero-order chi connectivity index (χ0) is 12.1. The molecule has 3 N–H and O–H groups in total. The summed E-state index contributed by atoms with van der Waals surface area (Å²) in [5.41, 5.74) is 0. The number of carbonyl (C=O) groups excluding carboxylic acids is 3. The predicted octanol–water partition coefficient (Wildman–Crippen LogP) is -0.253. The van der Waals surface area contributed by atoms with Crippen molar-refractivity contribution in [3.05, 3.63) is 0 Å². The van der Waals surface area contributed by atoms with E-state index >= 15 is 0 Å². The van der Waals surface area contributed by atoms with E-state index in [1.54, 1.807) is 0 Å². The lowest BCUT2D eigenvalue weighted by molar-refractivity contribution is -0.133. The summed E-state index contributed by atoms with van der Waals surface area (Å²) in [6, 6.07) is -1.71. The quantitative estimate of drug-likeness (QED) is 0.446. The third-order valence-corrected chi connectivity index (χ3v) is 2.30. The van der Waals surface area contributed by atoms with E-state index in [1.165, 1.54) is 0 Å².